The molecule has 1 N–H and O–H groups in total. The lowest BCUT2D eigenvalue weighted by Gasteiger charge is -2.26. The van der Waals surface area contributed by atoms with Crippen molar-refractivity contribution in [1.82, 2.24) is 5.32 Å². The predicted molar refractivity (Wildman–Crippen MR) is 135 cm³/mol. The quantitative estimate of drug-likeness (QED) is 0.366. The average Bonchev–Trinajstić information content (AvgIpc) is 2.82. The molecule has 0 heterocycles. The number of anilines is 1. The van der Waals surface area contributed by atoms with Crippen molar-refractivity contribution >= 4 is 33.2 Å². The van der Waals surface area contributed by atoms with E-state index in [1.54, 1.807) is 26.0 Å². The number of nitrogens with zero attached hydrogens (tertiary/aromatic N) is 1. The lowest BCUT2D eigenvalue weighted by molar-refractivity contribution is -0.137. The van der Waals surface area contributed by atoms with Gasteiger partial charge in [-0.25, -0.2) is 8.42 Å². The van der Waals surface area contributed by atoms with Crippen molar-refractivity contribution in [3.05, 3.63) is 94.0 Å². The van der Waals surface area contributed by atoms with Crippen molar-refractivity contribution in [3.8, 4) is 0 Å². The fraction of sp³-hybridized carbons (Fsp3) is 0.269. The fourth-order valence-corrected chi connectivity index (χ4v) is 5.22. The summed E-state index contributed by atoms with van der Waals surface area (Å²) in [5, 5.41) is 2.15. The highest BCUT2D eigenvalue weighted by Gasteiger charge is 2.35. The number of carbonyl (C=O) groups is 1. The number of benzene rings is 3. The summed E-state index contributed by atoms with van der Waals surface area (Å²) in [5.74, 6) is -0.679. The summed E-state index contributed by atoms with van der Waals surface area (Å²) in [4.78, 5) is 12.8. The largest absolute Gasteiger partial charge is 0.417 e. The minimum Gasteiger partial charge on any atom is -0.348 e. The van der Waals surface area contributed by atoms with Gasteiger partial charge in [0.25, 0.3) is 10.0 Å². The number of aryl methyl sites for hydroxylation is 2. The van der Waals surface area contributed by atoms with E-state index in [0.29, 0.717) is 10.4 Å². The molecule has 1 unspecified atom stereocenters. The van der Waals surface area contributed by atoms with Crippen LogP contribution in [0.25, 0.3) is 0 Å². The van der Waals surface area contributed by atoms with Gasteiger partial charge >= 0.3 is 6.18 Å². The number of halogens is 4. The number of hydrogen-bond donors (Lipinski definition) is 1. The number of hydrogen-bond acceptors (Lipinski definition) is 3. The Kier molecular flexibility index (Phi) is 8.36. The van der Waals surface area contributed by atoms with E-state index < -0.39 is 45.3 Å². The summed E-state index contributed by atoms with van der Waals surface area (Å²) >= 11 is 5.73. The van der Waals surface area contributed by atoms with Crippen LogP contribution in [0.4, 0.5) is 18.9 Å². The molecule has 0 saturated carbocycles. The number of alkyl halides is 3. The van der Waals surface area contributed by atoms with E-state index in [4.69, 9.17) is 11.6 Å². The van der Waals surface area contributed by atoms with E-state index in [9.17, 15) is 26.4 Å². The summed E-state index contributed by atoms with van der Waals surface area (Å²) < 4.78 is 68.1. The standard InChI is InChI=1S/C26H26ClF3N2O3S/c1-4-19-7-9-20(10-8-19)18(3)31-25(33)16-32(36(34,35)22-12-5-17(2)6-13-22)21-11-14-24(27)23(15-21)26(28,29)30/h5-15,18H,4,16H2,1-3H3,(H,31,33). The Morgan fingerprint density at radius 1 is 1.03 bits per heavy atom. The molecule has 0 spiro atoms. The van der Waals surface area contributed by atoms with Crippen LogP contribution in [-0.2, 0) is 27.4 Å². The molecule has 0 fully saturated rings. The van der Waals surface area contributed by atoms with Gasteiger partial charge in [0.15, 0.2) is 0 Å². The molecule has 1 amide bonds. The van der Waals surface area contributed by atoms with Crippen LogP contribution in [0.1, 0.15) is 42.1 Å². The van der Waals surface area contributed by atoms with E-state index in [2.05, 4.69) is 5.32 Å². The smallest absolute Gasteiger partial charge is 0.348 e. The number of nitrogens with one attached hydrogen (secondary N) is 1. The van der Waals surface area contributed by atoms with E-state index in [-0.39, 0.29) is 10.6 Å². The van der Waals surface area contributed by atoms with Crippen molar-refractivity contribution < 1.29 is 26.4 Å². The zero-order valence-corrected chi connectivity index (χ0v) is 21.5. The Labute approximate surface area is 213 Å². The molecule has 1 atom stereocenters. The maximum Gasteiger partial charge on any atom is 0.417 e. The van der Waals surface area contributed by atoms with Gasteiger partial charge in [-0.15, -0.1) is 0 Å². The predicted octanol–water partition coefficient (Wildman–Crippen LogP) is 6.30. The average molecular weight is 539 g/mol. The molecule has 3 aromatic rings. The third-order valence-corrected chi connectivity index (χ3v) is 7.82. The molecule has 36 heavy (non-hydrogen) atoms. The molecule has 0 aliphatic carbocycles. The van der Waals surface area contributed by atoms with Crippen LogP contribution in [-0.4, -0.2) is 20.9 Å². The molecule has 0 saturated heterocycles. The van der Waals surface area contributed by atoms with E-state index in [1.165, 1.54) is 12.1 Å². The van der Waals surface area contributed by atoms with Gasteiger partial charge in [0.1, 0.15) is 6.54 Å². The van der Waals surface area contributed by atoms with Crippen LogP contribution in [0.15, 0.2) is 71.6 Å². The van der Waals surface area contributed by atoms with Crippen molar-refractivity contribution in [1.29, 1.82) is 0 Å². The molecule has 0 aliphatic heterocycles. The third-order valence-electron chi connectivity index (χ3n) is 5.70. The van der Waals surface area contributed by atoms with Gasteiger partial charge in [-0.1, -0.05) is 60.5 Å². The van der Waals surface area contributed by atoms with E-state index in [0.717, 1.165) is 35.2 Å². The van der Waals surface area contributed by atoms with Gasteiger partial charge in [0, 0.05) is 0 Å². The van der Waals surface area contributed by atoms with Gasteiger partial charge in [-0.2, -0.15) is 13.2 Å². The monoisotopic (exact) mass is 538 g/mol. The van der Waals surface area contributed by atoms with Crippen molar-refractivity contribution in [2.24, 2.45) is 0 Å². The summed E-state index contributed by atoms with van der Waals surface area (Å²) in [6.45, 7) is 4.79. The Morgan fingerprint density at radius 3 is 2.19 bits per heavy atom. The third kappa shape index (κ3) is 6.39. The van der Waals surface area contributed by atoms with Gasteiger partial charge in [0.05, 0.1) is 27.2 Å². The first-order chi connectivity index (χ1) is 16.8. The number of carbonyl (C=O) groups excluding carboxylic acids is 1. The highest BCUT2D eigenvalue weighted by atomic mass is 35.5. The first-order valence-electron chi connectivity index (χ1n) is 11.2. The molecule has 5 nitrogen and oxygen atoms in total. The Balaban J connectivity index is 1.97. The fourth-order valence-electron chi connectivity index (χ4n) is 3.58. The Morgan fingerprint density at radius 2 is 1.64 bits per heavy atom. The molecule has 0 radical (unpaired) electrons. The van der Waals surface area contributed by atoms with Crippen LogP contribution in [0.2, 0.25) is 5.02 Å². The molecular formula is C26H26ClF3N2O3S. The second kappa shape index (κ2) is 10.9. The van der Waals surface area contributed by atoms with Crippen LogP contribution >= 0.6 is 11.6 Å². The molecule has 0 aliphatic rings. The van der Waals surface area contributed by atoms with Crippen LogP contribution in [0.5, 0.6) is 0 Å². The summed E-state index contributed by atoms with van der Waals surface area (Å²) in [6, 6.07) is 15.7. The topological polar surface area (TPSA) is 66.5 Å². The maximum absolute atomic E-state index is 13.5. The molecular weight excluding hydrogens is 513 g/mol. The van der Waals surface area contributed by atoms with Crippen LogP contribution in [0, 0.1) is 6.92 Å². The number of rotatable bonds is 8. The molecule has 192 valence electrons. The van der Waals surface area contributed by atoms with Crippen molar-refractivity contribution in [3.63, 3.8) is 0 Å². The van der Waals surface area contributed by atoms with Crippen molar-refractivity contribution in [2.45, 2.75) is 44.3 Å². The Hall–Kier alpha value is -3.04. The molecule has 3 aromatic carbocycles. The van der Waals surface area contributed by atoms with Gasteiger partial charge in [-0.3, -0.25) is 9.10 Å². The second-order valence-electron chi connectivity index (χ2n) is 8.37. The summed E-state index contributed by atoms with van der Waals surface area (Å²) in [6.07, 6.45) is -3.96. The number of sulfonamides is 1. The summed E-state index contributed by atoms with van der Waals surface area (Å²) in [5.41, 5.74) is 1.19. The van der Waals surface area contributed by atoms with Crippen molar-refractivity contribution in [2.75, 3.05) is 10.8 Å². The minimum absolute atomic E-state index is 0.160. The second-order valence-corrected chi connectivity index (χ2v) is 10.6. The zero-order chi connectivity index (χ0) is 26.7. The van der Waals surface area contributed by atoms with Crippen LogP contribution in [0.3, 0.4) is 0 Å². The Bertz CT molecular complexity index is 1330. The zero-order valence-electron chi connectivity index (χ0n) is 19.9. The molecule has 0 aromatic heterocycles. The first kappa shape index (κ1) is 27.5. The van der Waals surface area contributed by atoms with Gasteiger partial charge in [-0.05, 0) is 61.7 Å². The highest BCUT2D eigenvalue weighted by Crippen LogP contribution is 2.38. The van der Waals surface area contributed by atoms with Gasteiger partial charge in [0.2, 0.25) is 5.91 Å². The molecule has 0 bridgehead atoms. The highest BCUT2D eigenvalue weighted by molar-refractivity contribution is 7.92. The first-order valence-corrected chi connectivity index (χ1v) is 13.0. The maximum atomic E-state index is 13.5. The number of amides is 1. The van der Waals surface area contributed by atoms with E-state index in [1.807, 2.05) is 31.2 Å². The van der Waals surface area contributed by atoms with Gasteiger partial charge < -0.3 is 5.32 Å². The lowest BCUT2D eigenvalue weighted by Crippen LogP contribution is -2.41. The minimum atomic E-state index is -4.81. The SMILES string of the molecule is CCc1ccc(C(C)NC(=O)CN(c2ccc(Cl)c(C(F)(F)F)c2)S(=O)(=O)c2ccc(C)cc2)cc1. The molecule has 3 rings (SSSR count). The normalized spacial score (nSPS) is 12.8. The van der Waals surface area contributed by atoms with E-state index >= 15 is 0 Å². The van der Waals surface area contributed by atoms with Crippen LogP contribution < -0.4 is 9.62 Å². The summed E-state index contributed by atoms with van der Waals surface area (Å²) in [7, 11) is -4.39. The molecule has 10 heteroatoms. The lowest BCUT2D eigenvalue weighted by atomic mass is 10.1.